The van der Waals surface area contributed by atoms with Crippen molar-refractivity contribution < 1.29 is 19.1 Å². The quantitative estimate of drug-likeness (QED) is 0.937. The fraction of sp³-hybridized carbons (Fsp3) is 0.353. The smallest absolute Gasteiger partial charge is 0.308 e. The molecule has 1 aromatic heterocycles. The van der Waals surface area contributed by atoms with Crippen LogP contribution < -0.4 is 0 Å². The third-order valence-electron chi connectivity index (χ3n) is 4.39. The van der Waals surface area contributed by atoms with Crippen LogP contribution in [0.2, 0.25) is 0 Å². The zero-order valence-corrected chi connectivity index (χ0v) is 13.2. The monoisotopic (exact) mass is 331 g/mol. The molecule has 0 bridgehead atoms. The third-order valence-corrected chi connectivity index (χ3v) is 4.39. The van der Waals surface area contributed by atoms with Crippen molar-refractivity contribution in [3.05, 3.63) is 48.0 Å². The Balaban J connectivity index is 1.80. The van der Waals surface area contributed by atoms with Crippen LogP contribution in [-0.4, -0.2) is 44.3 Å². The van der Waals surface area contributed by atoms with Gasteiger partial charge in [-0.25, -0.2) is 9.07 Å². The molecule has 1 aliphatic rings. The molecule has 24 heavy (non-hydrogen) atoms. The number of piperidine rings is 1. The molecule has 1 aliphatic heterocycles. The minimum atomic E-state index is -0.878. The van der Waals surface area contributed by atoms with Crippen LogP contribution in [0.15, 0.2) is 36.5 Å². The van der Waals surface area contributed by atoms with E-state index in [1.165, 1.54) is 16.8 Å². The van der Waals surface area contributed by atoms with E-state index in [1.807, 2.05) is 6.92 Å². The van der Waals surface area contributed by atoms with E-state index in [9.17, 15) is 19.1 Å². The molecule has 1 saturated heterocycles. The Morgan fingerprint density at radius 3 is 2.58 bits per heavy atom. The van der Waals surface area contributed by atoms with Gasteiger partial charge in [0.25, 0.3) is 5.91 Å². The minimum absolute atomic E-state index is 0.0240. The van der Waals surface area contributed by atoms with Gasteiger partial charge in [-0.3, -0.25) is 9.59 Å². The highest BCUT2D eigenvalue weighted by Crippen LogP contribution is 2.23. The first-order valence-corrected chi connectivity index (χ1v) is 7.81. The number of carbonyl (C=O) groups excluding carboxylic acids is 1. The van der Waals surface area contributed by atoms with E-state index in [4.69, 9.17) is 0 Å². The summed E-state index contributed by atoms with van der Waals surface area (Å²) >= 11 is 0. The second-order valence-electron chi connectivity index (χ2n) is 6.04. The summed E-state index contributed by atoms with van der Waals surface area (Å²) in [4.78, 5) is 25.4. The summed E-state index contributed by atoms with van der Waals surface area (Å²) in [5, 5.41) is 13.4. The highest BCUT2D eigenvalue weighted by Gasteiger charge is 2.33. The molecule has 2 unspecified atom stereocenters. The molecule has 0 radical (unpaired) electrons. The maximum Gasteiger partial charge on any atom is 0.308 e. The van der Waals surface area contributed by atoms with E-state index in [0.717, 1.165) is 0 Å². The number of carboxylic acid groups (broad SMARTS) is 1. The SMILES string of the molecule is CC1CCC(C(=O)O)CN1C(=O)c1ccn(-c2ccc(F)cc2)n1. The Morgan fingerprint density at radius 1 is 1.21 bits per heavy atom. The first-order valence-electron chi connectivity index (χ1n) is 7.81. The second kappa shape index (κ2) is 6.43. The number of aliphatic carboxylic acids is 1. The Morgan fingerprint density at radius 2 is 1.92 bits per heavy atom. The molecule has 3 rings (SSSR count). The summed E-state index contributed by atoms with van der Waals surface area (Å²) in [7, 11) is 0. The number of hydrogen-bond donors (Lipinski definition) is 1. The fourth-order valence-corrected chi connectivity index (χ4v) is 2.91. The number of rotatable bonds is 3. The molecule has 2 heterocycles. The van der Waals surface area contributed by atoms with Crippen LogP contribution >= 0.6 is 0 Å². The van der Waals surface area contributed by atoms with Gasteiger partial charge >= 0.3 is 5.97 Å². The Labute approximate surface area is 138 Å². The maximum absolute atomic E-state index is 13.0. The molecule has 0 aliphatic carbocycles. The largest absolute Gasteiger partial charge is 0.481 e. The van der Waals surface area contributed by atoms with E-state index in [2.05, 4.69) is 5.10 Å². The number of halogens is 1. The predicted molar refractivity (Wildman–Crippen MR) is 84.4 cm³/mol. The Kier molecular flexibility index (Phi) is 4.33. The normalized spacial score (nSPS) is 20.8. The van der Waals surface area contributed by atoms with Crippen LogP contribution in [0.25, 0.3) is 5.69 Å². The number of likely N-dealkylation sites (tertiary alicyclic amines) is 1. The lowest BCUT2D eigenvalue weighted by atomic mass is 9.93. The third kappa shape index (κ3) is 3.15. The molecule has 1 aromatic carbocycles. The summed E-state index contributed by atoms with van der Waals surface area (Å²) in [6.07, 6.45) is 2.86. The predicted octanol–water partition coefficient (Wildman–Crippen LogP) is 2.34. The molecule has 2 aromatic rings. The lowest BCUT2D eigenvalue weighted by molar-refractivity contribution is -0.143. The molecular formula is C17H18FN3O3. The van der Waals surface area contributed by atoms with Gasteiger partial charge in [-0.2, -0.15) is 5.10 Å². The van der Waals surface area contributed by atoms with Gasteiger partial charge in [0.05, 0.1) is 11.6 Å². The molecule has 0 saturated carbocycles. The Hall–Kier alpha value is -2.70. The number of carboxylic acids is 1. The van der Waals surface area contributed by atoms with Crippen LogP contribution in [0.5, 0.6) is 0 Å². The lowest BCUT2D eigenvalue weighted by Crippen LogP contribution is -2.47. The van der Waals surface area contributed by atoms with Crippen molar-refractivity contribution in [2.45, 2.75) is 25.8 Å². The molecule has 126 valence electrons. The van der Waals surface area contributed by atoms with Gasteiger partial charge in [0.15, 0.2) is 5.69 Å². The summed E-state index contributed by atoms with van der Waals surface area (Å²) in [6, 6.07) is 7.35. The van der Waals surface area contributed by atoms with Gasteiger partial charge in [0.1, 0.15) is 5.82 Å². The average molecular weight is 331 g/mol. The molecule has 7 heteroatoms. The van der Waals surface area contributed by atoms with E-state index in [1.54, 1.807) is 29.3 Å². The average Bonchev–Trinajstić information content (AvgIpc) is 3.05. The summed E-state index contributed by atoms with van der Waals surface area (Å²) < 4.78 is 14.5. The van der Waals surface area contributed by atoms with Crippen molar-refractivity contribution >= 4 is 11.9 Å². The van der Waals surface area contributed by atoms with Gasteiger partial charge in [-0.15, -0.1) is 0 Å². The van der Waals surface area contributed by atoms with E-state index < -0.39 is 11.9 Å². The van der Waals surface area contributed by atoms with Gasteiger partial charge in [0.2, 0.25) is 0 Å². The minimum Gasteiger partial charge on any atom is -0.481 e. The van der Waals surface area contributed by atoms with Gasteiger partial charge < -0.3 is 10.0 Å². The first-order chi connectivity index (χ1) is 11.5. The molecular weight excluding hydrogens is 313 g/mol. The van der Waals surface area contributed by atoms with Gasteiger partial charge in [0, 0.05) is 18.8 Å². The number of benzene rings is 1. The number of nitrogens with zero attached hydrogens (tertiary/aromatic N) is 3. The molecule has 1 amide bonds. The van der Waals surface area contributed by atoms with E-state index in [0.29, 0.717) is 18.5 Å². The van der Waals surface area contributed by atoms with E-state index in [-0.39, 0.29) is 30.0 Å². The second-order valence-corrected chi connectivity index (χ2v) is 6.04. The molecule has 2 atom stereocenters. The van der Waals surface area contributed by atoms with Gasteiger partial charge in [-0.1, -0.05) is 0 Å². The van der Waals surface area contributed by atoms with Crippen molar-refractivity contribution in [3.8, 4) is 5.69 Å². The van der Waals surface area contributed by atoms with Crippen molar-refractivity contribution in [2.75, 3.05) is 6.54 Å². The topological polar surface area (TPSA) is 75.4 Å². The zero-order chi connectivity index (χ0) is 17.3. The van der Waals surface area contributed by atoms with E-state index >= 15 is 0 Å². The first kappa shape index (κ1) is 16.2. The standard InChI is InChI=1S/C17H18FN3O3/c1-11-2-3-12(17(23)24)10-20(11)16(22)15-8-9-21(19-15)14-6-4-13(18)5-7-14/h4-9,11-12H,2-3,10H2,1H3,(H,23,24). The number of hydrogen-bond acceptors (Lipinski definition) is 3. The number of carbonyl (C=O) groups is 2. The van der Waals surface area contributed by atoms with Crippen molar-refractivity contribution in [3.63, 3.8) is 0 Å². The maximum atomic E-state index is 13.0. The van der Waals surface area contributed by atoms with Crippen molar-refractivity contribution in [1.82, 2.24) is 14.7 Å². The highest BCUT2D eigenvalue weighted by atomic mass is 19.1. The zero-order valence-electron chi connectivity index (χ0n) is 13.2. The van der Waals surface area contributed by atoms with Crippen LogP contribution in [-0.2, 0) is 4.79 Å². The summed E-state index contributed by atoms with van der Waals surface area (Å²) in [5.74, 6) is -2.04. The Bertz CT molecular complexity index is 757. The summed E-state index contributed by atoms with van der Waals surface area (Å²) in [6.45, 7) is 2.10. The summed E-state index contributed by atoms with van der Waals surface area (Å²) in [5.41, 5.74) is 0.891. The van der Waals surface area contributed by atoms with Crippen LogP contribution in [0, 0.1) is 11.7 Å². The lowest BCUT2D eigenvalue weighted by Gasteiger charge is -2.36. The number of aromatic nitrogens is 2. The van der Waals surface area contributed by atoms with Crippen LogP contribution in [0.1, 0.15) is 30.3 Å². The van der Waals surface area contributed by atoms with Crippen LogP contribution in [0.3, 0.4) is 0 Å². The molecule has 1 fully saturated rings. The fourth-order valence-electron chi connectivity index (χ4n) is 2.91. The van der Waals surface area contributed by atoms with Crippen molar-refractivity contribution in [1.29, 1.82) is 0 Å². The number of amides is 1. The van der Waals surface area contributed by atoms with Crippen molar-refractivity contribution in [2.24, 2.45) is 5.92 Å². The molecule has 6 nitrogen and oxygen atoms in total. The van der Waals surface area contributed by atoms with Gasteiger partial charge in [-0.05, 0) is 50.1 Å². The molecule has 0 spiro atoms. The highest BCUT2D eigenvalue weighted by molar-refractivity contribution is 5.93. The molecule has 1 N–H and O–H groups in total. The van der Waals surface area contributed by atoms with Crippen LogP contribution in [0.4, 0.5) is 4.39 Å².